The summed E-state index contributed by atoms with van der Waals surface area (Å²) in [6.45, 7) is 8.37. The zero-order valence-corrected chi connectivity index (χ0v) is 15.2. The standard InChI is InChI=1S/C19H26N4O2/c1-13(2)24-17-8-6-16(7-9-17)23-19(20)22-12-15-5-10-18(21-11-15)25-14(3)4/h5-11,13-14H,12H2,1-4H3,(H3,20,22,23). The molecular weight excluding hydrogens is 316 g/mol. The van der Waals surface area contributed by atoms with E-state index in [-0.39, 0.29) is 12.2 Å². The Hall–Kier alpha value is -2.76. The Morgan fingerprint density at radius 2 is 1.72 bits per heavy atom. The van der Waals surface area contributed by atoms with Gasteiger partial charge >= 0.3 is 0 Å². The Morgan fingerprint density at radius 3 is 2.28 bits per heavy atom. The van der Waals surface area contributed by atoms with Gasteiger partial charge in [-0.2, -0.15) is 0 Å². The van der Waals surface area contributed by atoms with Crippen molar-refractivity contribution in [2.45, 2.75) is 46.4 Å². The first-order chi connectivity index (χ1) is 11.9. The number of anilines is 1. The molecule has 0 saturated carbocycles. The topological polar surface area (TPSA) is 81.8 Å². The maximum atomic E-state index is 5.93. The van der Waals surface area contributed by atoms with Crippen LogP contribution in [0.4, 0.5) is 5.69 Å². The summed E-state index contributed by atoms with van der Waals surface area (Å²) >= 11 is 0. The second-order valence-corrected chi connectivity index (χ2v) is 6.19. The van der Waals surface area contributed by atoms with Crippen LogP contribution in [0.1, 0.15) is 33.3 Å². The smallest absolute Gasteiger partial charge is 0.213 e. The van der Waals surface area contributed by atoms with Crippen LogP contribution in [-0.2, 0) is 6.54 Å². The van der Waals surface area contributed by atoms with Crippen LogP contribution in [-0.4, -0.2) is 23.2 Å². The summed E-state index contributed by atoms with van der Waals surface area (Å²) in [6.07, 6.45) is 2.00. The fraction of sp³-hybridized carbons (Fsp3) is 0.368. The molecule has 0 fully saturated rings. The average molecular weight is 342 g/mol. The number of pyridine rings is 1. The van der Waals surface area contributed by atoms with Crippen LogP contribution in [0.2, 0.25) is 0 Å². The number of nitrogens with zero attached hydrogens (tertiary/aromatic N) is 2. The van der Waals surface area contributed by atoms with E-state index in [2.05, 4.69) is 15.3 Å². The molecule has 2 aromatic rings. The number of hydrogen-bond donors (Lipinski definition) is 2. The lowest BCUT2D eigenvalue weighted by Crippen LogP contribution is -2.22. The lowest BCUT2D eigenvalue weighted by molar-refractivity contribution is 0.232. The number of ether oxygens (including phenoxy) is 2. The molecule has 0 radical (unpaired) electrons. The van der Waals surface area contributed by atoms with E-state index in [1.807, 2.05) is 64.1 Å². The van der Waals surface area contributed by atoms with Crippen molar-refractivity contribution in [2.75, 3.05) is 5.32 Å². The maximum Gasteiger partial charge on any atom is 0.213 e. The van der Waals surface area contributed by atoms with Gasteiger partial charge in [0.05, 0.1) is 18.8 Å². The molecular formula is C19H26N4O2. The molecule has 0 saturated heterocycles. The third kappa shape index (κ3) is 6.71. The number of aliphatic imine (C=N–C) groups is 1. The summed E-state index contributed by atoms with van der Waals surface area (Å²) in [4.78, 5) is 8.57. The Labute approximate surface area is 149 Å². The summed E-state index contributed by atoms with van der Waals surface area (Å²) in [5.41, 5.74) is 7.75. The molecule has 1 aromatic carbocycles. The minimum absolute atomic E-state index is 0.105. The fourth-order valence-corrected chi connectivity index (χ4v) is 2.07. The Balaban J connectivity index is 1.88. The van der Waals surface area contributed by atoms with Crippen molar-refractivity contribution >= 4 is 11.6 Å². The van der Waals surface area contributed by atoms with Crippen LogP contribution in [0.15, 0.2) is 47.6 Å². The molecule has 0 aliphatic heterocycles. The SMILES string of the molecule is CC(C)Oc1ccc(NC(N)=NCc2ccc(OC(C)C)nc2)cc1. The lowest BCUT2D eigenvalue weighted by atomic mass is 10.3. The van der Waals surface area contributed by atoms with Crippen LogP contribution in [0.3, 0.4) is 0 Å². The van der Waals surface area contributed by atoms with Crippen molar-refractivity contribution in [1.82, 2.24) is 4.98 Å². The van der Waals surface area contributed by atoms with Gasteiger partial charge in [-0.05, 0) is 57.5 Å². The highest BCUT2D eigenvalue weighted by Crippen LogP contribution is 2.17. The number of rotatable bonds is 7. The fourth-order valence-electron chi connectivity index (χ4n) is 2.07. The molecule has 0 amide bonds. The minimum atomic E-state index is 0.105. The second kappa shape index (κ2) is 8.92. The lowest BCUT2D eigenvalue weighted by Gasteiger charge is -2.11. The van der Waals surface area contributed by atoms with Crippen molar-refractivity contribution < 1.29 is 9.47 Å². The first-order valence-electron chi connectivity index (χ1n) is 8.37. The zero-order valence-electron chi connectivity index (χ0n) is 15.2. The molecule has 1 aromatic heterocycles. The number of guanidine groups is 1. The first-order valence-corrected chi connectivity index (χ1v) is 8.37. The summed E-state index contributed by atoms with van der Waals surface area (Å²) in [5, 5.41) is 3.06. The Kier molecular flexibility index (Phi) is 6.62. The van der Waals surface area contributed by atoms with Gasteiger partial charge in [-0.25, -0.2) is 9.98 Å². The molecule has 2 rings (SSSR count). The molecule has 0 aliphatic rings. The van der Waals surface area contributed by atoms with E-state index in [4.69, 9.17) is 15.2 Å². The van der Waals surface area contributed by atoms with E-state index < -0.39 is 0 Å². The highest BCUT2D eigenvalue weighted by molar-refractivity contribution is 5.92. The van der Waals surface area contributed by atoms with E-state index in [1.165, 1.54) is 0 Å². The zero-order chi connectivity index (χ0) is 18.2. The predicted molar refractivity (Wildman–Crippen MR) is 101 cm³/mol. The van der Waals surface area contributed by atoms with Crippen molar-refractivity contribution in [3.05, 3.63) is 48.2 Å². The van der Waals surface area contributed by atoms with Crippen molar-refractivity contribution in [1.29, 1.82) is 0 Å². The molecule has 0 atom stereocenters. The van der Waals surface area contributed by atoms with Crippen molar-refractivity contribution in [2.24, 2.45) is 10.7 Å². The van der Waals surface area contributed by atoms with Gasteiger partial charge in [0.2, 0.25) is 5.88 Å². The number of benzene rings is 1. The molecule has 1 heterocycles. The van der Waals surface area contributed by atoms with Crippen LogP contribution < -0.4 is 20.5 Å². The van der Waals surface area contributed by atoms with E-state index in [9.17, 15) is 0 Å². The van der Waals surface area contributed by atoms with Gasteiger partial charge in [0.15, 0.2) is 5.96 Å². The van der Waals surface area contributed by atoms with Crippen molar-refractivity contribution in [3.8, 4) is 11.6 Å². The van der Waals surface area contributed by atoms with Crippen LogP contribution in [0.25, 0.3) is 0 Å². The third-order valence-electron chi connectivity index (χ3n) is 3.08. The van der Waals surface area contributed by atoms with Crippen LogP contribution >= 0.6 is 0 Å². The maximum absolute atomic E-state index is 5.93. The third-order valence-corrected chi connectivity index (χ3v) is 3.08. The first kappa shape index (κ1) is 18.6. The van der Waals surface area contributed by atoms with E-state index in [0.717, 1.165) is 17.0 Å². The second-order valence-electron chi connectivity index (χ2n) is 6.19. The number of hydrogen-bond acceptors (Lipinski definition) is 4. The molecule has 3 N–H and O–H groups in total. The normalized spacial score (nSPS) is 11.7. The molecule has 0 bridgehead atoms. The van der Waals surface area contributed by atoms with Gasteiger partial charge in [-0.1, -0.05) is 6.07 Å². The van der Waals surface area contributed by atoms with Gasteiger partial charge in [0.25, 0.3) is 0 Å². The van der Waals surface area contributed by atoms with Gasteiger partial charge in [0.1, 0.15) is 5.75 Å². The Bertz CT molecular complexity index is 680. The van der Waals surface area contributed by atoms with Gasteiger partial charge < -0.3 is 20.5 Å². The Morgan fingerprint density at radius 1 is 1.04 bits per heavy atom. The number of aromatic nitrogens is 1. The predicted octanol–water partition coefficient (Wildman–Crippen LogP) is 3.58. The molecule has 0 spiro atoms. The summed E-state index contributed by atoms with van der Waals surface area (Å²) in [7, 11) is 0. The minimum Gasteiger partial charge on any atom is -0.491 e. The van der Waals surface area contributed by atoms with Gasteiger partial charge in [-0.3, -0.25) is 0 Å². The molecule has 6 nitrogen and oxygen atoms in total. The summed E-state index contributed by atoms with van der Waals surface area (Å²) < 4.78 is 11.1. The molecule has 25 heavy (non-hydrogen) atoms. The number of nitrogens with one attached hydrogen (secondary N) is 1. The molecule has 0 unspecified atom stereocenters. The van der Waals surface area contributed by atoms with E-state index in [1.54, 1.807) is 6.20 Å². The quantitative estimate of drug-likeness (QED) is 0.594. The van der Waals surface area contributed by atoms with E-state index >= 15 is 0 Å². The van der Waals surface area contributed by atoms with Crippen LogP contribution in [0.5, 0.6) is 11.6 Å². The highest BCUT2D eigenvalue weighted by atomic mass is 16.5. The largest absolute Gasteiger partial charge is 0.491 e. The number of nitrogens with two attached hydrogens (primary N) is 1. The highest BCUT2D eigenvalue weighted by Gasteiger charge is 2.01. The van der Waals surface area contributed by atoms with E-state index in [0.29, 0.717) is 18.4 Å². The molecule has 134 valence electrons. The van der Waals surface area contributed by atoms with Crippen LogP contribution in [0, 0.1) is 0 Å². The average Bonchev–Trinajstić information content (AvgIpc) is 2.55. The molecule has 6 heteroatoms. The van der Waals surface area contributed by atoms with Gasteiger partial charge in [0, 0.05) is 18.0 Å². The van der Waals surface area contributed by atoms with Gasteiger partial charge in [-0.15, -0.1) is 0 Å². The molecule has 0 aliphatic carbocycles. The summed E-state index contributed by atoms with van der Waals surface area (Å²) in [5.74, 6) is 1.78. The summed E-state index contributed by atoms with van der Waals surface area (Å²) in [6, 6.07) is 11.4. The monoisotopic (exact) mass is 342 g/mol. The van der Waals surface area contributed by atoms with Crippen molar-refractivity contribution in [3.63, 3.8) is 0 Å².